The van der Waals surface area contributed by atoms with Crippen molar-refractivity contribution in [2.75, 3.05) is 18.3 Å². The van der Waals surface area contributed by atoms with E-state index in [0.717, 1.165) is 24.4 Å². The molecule has 0 unspecified atom stereocenters. The van der Waals surface area contributed by atoms with E-state index in [0.29, 0.717) is 5.41 Å². The molecule has 0 bridgehead atoms. The van der Waals surface area contributed by atoms with Crippen LogP contribution >= 0.6 is 11.8 Å². The molecule has 0 aromatic heterocycles. The third kappa shape index (κ3) is 1.80. The Bertz CT molecular complexity index is 127. The van der Waals surface area contributed by atoms with E-state index in [1.165, 1.54) is 5.75 Å². The molecule has 1 aliphatic rings. The summed E-state index contributed by atoms with van der Waals surface area (Å²) in [5.41, 5.74) is 0.420. The highest BCUT2D eigenvalue weighted by Gasteiger charge is 2.39. The molecule has 1 rings (SSSR count). The van der Waals surface area contributed by atoms with E-state index in [1.54, 1.807) is 0 Å². The van der Waals surface area contributed by atoms with Crippen molar-refractivity contribution >= 4 is 11.8 Å². The van der Waals surface area contributed by atoms with Crippen LogP contribution in [0.25, 0.3) is 0 Å². The predicted molar refractivity (Wildman–Crippen MR) is 55.4 cm³/mol. The second-order valence-corrected chi connectivity index (χ2v) is 5.29. The van der Waals surface area contributed by atoms with Crippen molar-refractivity contribution in [2.45, 2.75) is 27.7 Å². The molecular formula is C10H20OS. The minimum atomic E-state index is 0.420. The molecule has 12 heavy (non-hydrogen) atoms. The molecule has 0 atom stereocenters. The van der Waals surface area contributed by atoms with Crippen LogP contribution in [-0.4, -0.2) is 18.3 Å². The van der Waals surface area contributed by atoms with Crippen LogP contribution in [0, 0.1) is 17.3 Å². The Hall–Kier alpha value is 0.310. The van der Waals surface area contributed by atoms with Gasteiger partial charge in [0.05, 0.1) is 12.5 Å². The van der Waals surface area contributed by atoms with E-state index in [4.69, 9.17) is 4.74 Å². The van der Waals surface area contributed by atoms with Crippen molar-refractivity contribution in [3.63, 3.8) is 0 Å². The van der Waals surface area contributed by atoms with Gasteiger partial charge in [-0.25, -0.2) is 0 Å². The van der Waals surface area contributed by atoms with Gasteiger partial charge in [0.1, 0.15) is 0 Å². The van der Waals surface area contributed by atoms with Crippen molar-refractivity contribution in [2.24, 2.45) is 17.3 Å². The van der Waals surface area contributed by atoms with E-state index >= 15 is 0 Å². The summed E-state index contributed by atoms with van der Waals surface area (Å²) < 4.78 is 5.57. The van der Waals surface area contributed by atoms with Crippen LogP contribution in [0.4, 0.5) is 0 Å². The summed E-state index contributed by atoms with van der Waals surface area (Å²) in [5.74, 6) is 3.61. The van der Waals surface area contributed by atoms with Gasteiger partial charge >= 0.3 is 0 Å². The molecule has 1 saturated heterocycles. The minimum Gasteiger partial charge on any atom is -0.370 e. The van der Waals surface area contributed by atoms with Crippen molar-refractivity contribution in [3.8, 4) is 0 Å². The molecule has 1 nitrogen and oxygen atoms in total. The van der Waals surface area contributed by atoms with E-state index in [-0.39, 0.29) is 0 Å². The largest absolute Gasteiger partial charge is 0.370 e. The maximum atomic E-state index is 5.57. The van der Waals surface area contributed by atoms with Gasteiger partial charge in [0.2, 0.25) is 0 Å². The topological polar surface area (TPSA) is 9.23 Å². The molecule has 0 aromatic carbocycles. The number of ether oxygens (including phenoxy) is 1. The van der Waals surface area contributed by atoms with Gasteiger partial charge in [0.25, 0.3) is 0 Å². The highest BCUT2D eigenvalue weighted by Crippen LogP contribution is 2.41. The third-order valence-corrected chi connectivity index (χ3v) is 4.28. The Morgan fingerprint density at radius 3 is 2.00 bits per heavy atom. The molecule has 0 aromatic rings. The standard InChI is InChI=1S/C10H20OS/c1-8(2)10(9(3)4)5-11-7-12-6-10/h8-9H,5-7H2,1-4H3. The highest BCUT2D eigenvalue weighted by molar-refractivity contribution is 7.99. The lowest BCUT2D eigenvalue weighted by atomic mass is 9.71. The molecule has 1 aliphatic heterocycles. The van der Waals surface area contributed by atoms with Gasteiger partial charge in [0, 0.05) is 11.2 Å². The van der Waals surface area contributed by atoms with Gasteiger partial charge < -0.3 is 4.74 Å². The van der Waals surface area contributed by atoms with Crippen LogP contribution in [0.15, 0.2) is 0 Å². The van der Waals surface area contributed by atoms with E-state index < -0.39 is 0 Å². The Labute approximate surface area is 80.3 Å². The van der Waals surface area contributed by atoms with Gasteiger partial charge in [-0.1, -0.05) is 27.7 Å². The molecule has 0 saturated carbocycles. The summed E-state index contributed by atoms with van der Waals surface area (Å²) in [6.07, 6.45) is 0. The maximum absolute atomic E-state index is 5.57. The Balaban J connectivity index is 2.70. The summed E-state index contributed by atoms with van der Waals surface area (Å²) in [7, 11) is 0. The summed E-state index contributed by atoms with van der Waals surface area (Å²) in [4.78, 5) is 0. The molecule has 0 N–H and O–H groups in total. The van der Waals surface area contributed by atoms with E-state index in [1.807, 2.05) is 11.8 Å². The first-order valence-electron chi connectivity index (χ1n) is 4.75. The smallest absolute Gasteiger partial charge is 0.0921 e. The summed E-state index contributed by atoms with van der Waals surface area (Å²) in [6, 6.07) is 0. The Morgan fingerprint density at radius 2 is 1.75 bits per heavy atom. The first-order chi connectivity index (χ1) is 5.59. The van der Waals surface area contributed by atoms with Crippen LogP contribution in [0.1, 0.15) is 27.7 Å². The number of hydrogen-bond donors (Lipinski definition) is 0. The molecule has 0 aliphatic carbocycles. The molecular weight excluding hydrogens is 168 g/mol. The normalized spacial score (nSPS) is 23.5. The van der Waals surface area contributed by atoms with Crippen LogP contribution in [0.2, 0.25) is 0 Å². The molecule has 0 amide bonds. The van der Waals surface area contributed by atoms with E-state index in [2.05, 4.69) is 27.7 Å². The van der Waals surface area contributed by atoms with Crippen molar-refractivity contribution in [1.29, 1.82) is 0 Å². The third-order valence-electron chi connectivity index (χ3n) is 3.21. The summed E-state index contributed by atoms with van der Waals surface area (Å²) in [6.45, 7) is 10.2. The van der Waals surface area contributed by atoms with Crippen molar-refractivity contribution in [3.05, 3.63) is 0 Å². The van der Waals surface area contributed by atoms with Gasteiger partial charge in [-0.3, -0.25) is 0 Å². The minimum absolute atomic E-state index is 0.420. The monoisotopic (exact) mass is 188 g/mol. The quantitative estimate of drug-likeness (QED) is 0.659. The first-order valence-corrected chi connectivity index (χ1v) is 5.90. The molecule has 0 radical (unpaired) electrons. The fraction of sp³-hybridized carbons (Fsp3) is 1.00. The van der Waals surface area contributed by atoms with Crippen LogP contribution in [-0.2, 0) is 4.74 Å². The highest BCUT2D eigenvalue weighted by atomic mass is 32.2. The second kappa shape index (κ2) is 4.01. The van der Waals surface area contributed by atoms with Crippen molar-refractivity contribution in [1.82, 2.24) is 0 Å². The fourth-order valence-corrected chi connectivity index (χ4v) is 3.31. The van der Waals surface area contributed by atoms with Gasteiger partial charge in [-0.2, -0.15) is 0 Å². The van der Waals surface area contributed by atoms with Gasteiger partial charge in [-0.15, -0.1) is 11.8 Å². The number of rotatable bonds is 2. The lowest BCUT2D eigenvalue weighted by molar-refractivity contribution is 0.00861. The second-order valence-electron chi connectivity index (χ2n) is 4.36. The zero-order valence-corrected chi connectivity index (χ0v) is 9.41. The molecule has 1 fully saturated rings. The zero-order valence-electron chi connectivity index (χ0n) is 8.59. The average molecular weight is 188 g/mol. The Morgan fingerprint density at radius 1 is 1.17 bits per heavy atom. The SMILES string of the molecule is CC(C)C1(C(C)C)COCSC1. The molecule has 72 valence electrons. The fourth-order valence-electron chi connectivity index (χ4n) is 1.90. The lowest BCUT2D eigenvalue weighted by Gasteiger charge is -2.43. The molecule has 1 heterocycles. The summed E-state index contributed by atoms with van der Waals surface area (Å²) >= 11 is 1.94. The number of hydrogen-bond acceptors (Lipinski definition) is 2. The van der Waals surface area contributed by atoms with Crippen LogP contribution in [0.5, 0.6) is 0 Å². The molecule has 0 spiro atoms. The predicted octanol–water partition coefficient (Wildman–Crippen LogP) is 3.01. The zero-order chi connectivity index (χ0) is 9.19. The number of thioether (sulfide) groups is 1. The summed E-state index contributed by atoms with van der Waals surface area (Å²) in [5, 5.41) is 0. The van der Waals surface area contributed by atoms with Gasteiger partial charge in [0.15, 0.2) is 0 Å². The van der Waals surface area contributed by atoms with Crippen molar-refractivity contribution < 1.29 is 4.74 Å². The molecule has 2 heteroatoms. The van der Waals surface area contributed by atoms with Gasteiger partial charge in [-0.05, 0) is 11.8 Å². The first kappa shape index (κ1) is 10.4. The average Bonchev–Trinajstić information content (AvgIpc) is 2.05. The maximum Gasteiger partial charge on any atom is 0.0921 e. The van der Waals surface area contributed by atoms with E-state index in [9.17, 15) is 0 Å². The van der Waals surface area contributed by atoms with Crippen LogP contribution < -0.4 is 0 Å². The lowest BCUT2D eigenvalue weighted by Crippen LogP contribution is -2.42. The Kier molecular flexibility index (Phi) is 3.47. The van der Waals surface area contributed by atoms with Crippen LogP contribution in [0.3, 0.4) is 0 Å².